The predicted molar refractivity (Wildman–Crippen MR) is 130 cm³/mol. The molecule has 0 amide bonds. The molecule has 0 fully saturated rings. The van der Waals surface area contributed by atoms with Crippen LogP contribution in [-0.2, 0) is 21.1 Å². The van der Waals surface area contributed by atoms with Gasteiger partial charge >= 0.3 is 0 Å². The maximum Gasteiger partial charge on any atom is 0.229 e. The van der Waals surface area contributed by atoms with E-state index in [1.165, 1.54) is 0 Å². The summed E-state index contributed by atoms with van der Waals surface area (Å²) in [6.07, 6.45) is 1.00. The fraction of sp³-hybridized carbons (Fsp3) is 0.455. The Balaban J connectivity index is 2.33. The highest BCUT2D eigenvalue weighted by Crippen LogP contribution is 2.35. The van der Waals surface area contributed by atoms with Crippen molar-refractivity contribution >= 4 is 40.0 Å². The molecule has 0 unspecified atom stereocenters. The summed E-state index contributed by atoms with van der Waals surface area (Å²) in [4.78, 5) is 0. The first kappa shape index (κ1) is 24.9. The quantitative estimate of drug-likeness (QED) is 0.275. The van der Waals surface area contributed by atoms with E-state index in [4.69, 9.17) is 9.16 Å². The van der Waals surface area contributed by atoms with Crippen LogP contribution in [0.2, 0.25) is 18.1 Å². The van der Waals surface area contributed by atoms with Crippen molar-refractivity contribution in [2.45, 2.75) is 51.6 Å². The highest BCUT2D eigenvalue weighted by atomic mass is 79.9. The number of hydrogen-bond donors (Lipinski definition) is 1. The van der Waals surface area contributed by atoms with Crippen LogP contribution in [0.15, 0.2) is 48.5 Å². The van der Waals surface area contributed by atoms with Gasteiger partial charge in [0.2, 0.25) is 10.0 Å². The van der Waals surface area contributed by atoms with Crippen LogP contribution in [-0.4, -0.2) is 28.3 Å². The zero-order valence-electron chi connectivity index (χ0n) is 18.2. The van der Waals surface area contributed by atoms with Gasteiger partial charge in [0.05, 0.1) is 18.0 Å². The van der Waals surface area contributed by atoms with Crippen molar-refractivity contribution in [3.05, 3.63) is 59.7 Å². The summed E-state index contributed by atoms with van der Waals surface area (Å²) in [6, 6.07) is 18.5. The predicted octanol–water partition coefficient (Wildman–Crippen LogP) is 6.09. The van der Waals surface area contributed by atoms with Crippen molar-refractivity contribution in [1.82, 2.24) is 0 Å². The second-order valence-electron chi connectivity index (χ2n) is 7.41. The second kappa shape index (κ2) is 11.3. The summed E-state index contributed by atoms with van der Waals surface area (Å²) in [5.41, 5.74) is 2.37. The Kier molecular flexibility index (Phi) is 9.40. The van der Waals surface area contributed by atoms with Crippen LogP contribution >= 0.6 is 15.9 Å². The lowest BCUT2D eigenvalue weighted by Crippen LogP contribution is -2.37. The monoisotopic (exact) mass is 513 g/mol. The van der Waals surface area contributed by atoms with Gasteiger partial charge in [-0.2, -0.15) is 0 Å². The lowest BCUT2D eigenvalue weighted by atomic mass is 10.1. The minimum Gasteiger partial charge on any atom is -0.487 e. The Labute approximate surface area is 190 Å². The minimum absolute atomic E-state index is 0.139. The lowest BCUT2D eigenvalue weighted by Gasteiger charge is -2.33. The van der Waals surface area contributed by atoms with E-state index in [1.54, 1.807) is 0 Å². The molecule has 2 rings (SSSR count). The van der Waals surface area contributed by atoms with E-state index >= 15 is 0 Å². The summed E-state index contributed by atoms with van der Waals surface area (Å²) >= 11 is 3.59. The smallest absolute Gasteiger partial charge is 0.229 e. The Hall–Kier alpha value is -1.35. The maximum absolute atomic E-state index is 11.9. The van der Waals surface area contributed by atoms with Crippen LogP contribution in [0.3, 0.4) is 0 Å². The molecule has 5 nitrogen and oxygen atoms in total. The molecule has 0 aromatic heterocycles. The molecule has 1 N–H and O–H groups in total. The number of sulfonamides is 1. The molecule has 0 radical (unpaired) electrons. The number of rotatable bonds is 12. The van der Waals surface area contributed by atoms with Gasteiger partial charge in [0.1, 0.15) is 12.4 Å². The van der Waals surface area contributed by atoms with E-state index in [0.717, 1.165) is 35.5 Å². The lowest BCUT2D eigenvalue weighted by molar-refractivity contribution is 0.216. The molecule has 1 atom stereocenters. The van der Waals surface area contributed by atoms with Crippen molar-refractivity contribution in [1.29, 1.82) is 0 Å². The number of anilines is 1. The van der Waals surface area contributed by atoms with Crippen molar-refractivity contribution in [3.63, 3.8) is 0 Å². The van der Waals surface area contributed by atoms with Crippen LogP contribution < -0.4 is 9.46 Å². The van der Waals surface area contributed by atoms with E-state index in [2.05, 4.69) is 41.4 Å². The molecule has 2 aromatic rings. The first-order valence-corrected chi connectivity index (χ1v) is 15.8. The normalized spacial score (nSPS) is 13.1. The number of benzene rings is 2. The van der Waals surface area contributed by atoms with Gasteiger partial charge in [0.15, 0.2) is 8.32 Å². The average molecular weight is 515 g/mol. The molecule has 0 saturated carbocycles. The second-order valence-corrected chi connectivity index (χ2v) is 14.5. The molecule has 0 aliphatic rings. The standard InChI is InChI=1S/C22H32BrNO4SSi/c1-5-30(6-2,7-3)28-22(16-23)19-13-14-21(20(15-19)24-29(4,25)26)27-17-18-11-9-8-10-12-18/h8-15,22,24H,5-7,16-17H2,1-4H3/t22-/m0/s1. The van der Waals surface area contributed by atoms with Crippen molar-refractivity contribution in [2.75, 3.05) is 16.3 Å². The van der Waals surface area contributed by atoms with E-state index < -0.39 is 18.3 Å². The van der Waals surface area contributed by atoms with Gasteiger partial charge in [0.25, 0.3) is 0 Å². The zero-order valence-corrected chi connectivity index (χ0v) is 21.6. The highest BCUT2D eigenvalue weighted by Gasteiger charge is 2.32. The third kappa shape index (κ3) is 7.11. The molecule has 166 valence electrons. The molecule has 0 aliphatic carbocycles. The Morgan fingerprint density at radius 3 is 2.20 bits per heavy atom. The third-order valence-electron chi connectivity index (χ3n) is 5.37. The largest absolute Gasteiger partial charge is 0.487 e. The fourth-order valence-electron chi connectivity index (χ4n) is 3.38. The van der Waals surface area contributed by atoms with Crippen molar-refractivity contribution in [2.24, 2.45) is 0 Å². The van der Waals surface area contributed by atoms with Gasteiger partial charge < -0.3 is 9.16 Å². The Bertz CT molecular complexity index is 896. The molecule has 0 saturated heterocycles. The van der Waals surface area contributed by atoms with Crippen LogP contribution in [0.1, 0.15) is 38.0 Å². The van der Waals surface area contributed by atoms with E-state index in [0.29, 0.717) is 23.4 Å². The summed E-state index contributed by atoms with van der Waals surface area (Å²) in [5.74, 6) is 0.492. The first-order chi connectivity index (χ1) is 14.3. The highest BCUT2D eigenvalue weighted by molar-refractivity contribution is 9.09. The molecular weight excluding hydrogens is 482 g/mol. The Morgan fingerprint density at radius 2 is 1.67 bits per heavy atom. The van der Waals surface area contributed by atoms with Gasteiger partial charge in [-0.15, -0.1) is 0 Å². The number of hydrogen-bond acceptors (Lipinski definition) is 4. The van der Waals surface area contributed by atoms with E-state index in [9.17, 15) is 8.42 Å². The van der Waals surface area contributed by atoms with Gasteiger partial charge in [0, 0.05) is 5.33 Å². The van der Waals surface area contributed by atoms with Gasteiger partial charge in [-0.25, -0.2) is 8.42 Å². The van der Waals surface area contributed by atoms with Crippen molar-refractivity contribution in [3.8, 4) is 5.75 Å². The summed E-state index contributed by atoms with van der Waals surface area (Å²) < 4.78 is 39.1. The zero-order chi connectivity index (χ0) is 22.2. The van der Waals surface area contributed by atoms with Crippen LogP contribution in [0.25, 0.3) is 0 Å². The summed E-state index contributed by atoms with van der Waals surface area (Å²) in [5, 5.41) is 0.643. The first-order valence-electron chi connectivity index (χ1n) is 10.3. The van der Waals surface area contributed by atoms with Crippen molar-refractivity contribution < 1.29 is 17.6 Å². The van der Waals surface area contributed by atoms with Gasteiger partial charge in [-0.05, 0) is 41.4 Å². The molecule has 0 spiro atoms. The van der Waals surface area contributed by atoms with Gasteiger partial charge in [-0.1, -0.05) is 73.1 Å². The molecular formula is C22H32BrNO4SSi. The fourth-order valence-corrected chi connectivity index (χ4v) is 7.51. The maximum atomic E-state index is 11.9. The molecule has 0 aliphatic heterocycles. The van der Waals surface area contributed by atoms with Gasteiger partial charge in [-0.3, -0.25) is 4.72 Å². The van der Waals surface area contributed by atoms with Crippen LogP contribution in [0.4, 0.5) is 5.69 Å². The molecule has 2 aromatic carbocycles. The topological polar surface area (TPSA) is 64.6 Å². The Morgan fingerprint density at radius 1 is 1.03 bits per heavy atom. The summed E-state index contributed by atoms with van der Waals surface area (Å²) in [6.45, 7) is 6.94. The molecule has 8 heteroatoms. The number of ether oxygens (including phenoxy) is 1. The van der Waals surface area contributed by atoms with E-state index in [1.807, 2.05) is 48.5 Å². The average Bonchev–Trinajstić information content (AvgIpc) is 2.74. The molecule has 30 heavy (non-hydrogen) atoms. The number of halogens is 1. The SMILES string of the molecule is CC[Si](CC)(CC)O[C@@H](CBr)c1ccc(OCc2ccccc2)c(NS(C)(=O)=O)c1. The van der Waals surface area contributed by atoms with Crippen LogP contribution in [0.5, 0.6) is 5.75 Å². The number of nitrogens with one attached hydrogen (secondary N) is 1. The summed E-state index contributed by atoms with van der Waals surface area (Å²) in [7, 11) is -5.28. The van der Waals surface area contributed by atoms with E-state index in [-0.39, 0.29) is 6.10 Å². The number of alkyl halides is 1. The van der Waals surface area contributed by atoms with Crippen LogP contribution in [0, 0.1) is 0 Å². The molecule has 0 bridgehead atoms. The third-order valence-corrected chi connectivity index (χ3v) is 11.2. The molecule has 0 heterocycles. The minimum atomic E-state index is -3.45.